The van der Waals surface area contributed by atoms with E-state index in [0.29, 0.717) is 6.04 Å². The summed E-state index contributed by atoms with van der Waals surface area (Å²) in [6, 6.07) is 6.50. The normalized spacial score (nSPS) is 20.8. The molecule has 0 spiro atoms. The highest BCUT2D eigenvalue weighted by atomic mass is 35.5. The number of benzene rings is 1. The third-order valence-corrected chi connectivity index (χ3v) is 4.99. The summed E-state index contributed by atoms with van der Waals surface area (Å²) >= 11 is 7.68. The highest BCUT2D eigenvalue weighted by molar-refractivity contribution is 7.22. The summed E-state index contributed by atoms with van der Waals surface area (Å²) in [6.45, 7) is 2.19. The molecule has 5 heteroatoms. The lowest BCUT2D eigenvalue weighted by Gasteiger charge is -2.32. The molecule has 3 rings (SSSR count). The molecule has 0 amide bonds. The Bertz CT molecular complexity index is 569. The largest absolute Gasteiger partial charge is 0.360 e. The molecule has 3 nitrogen and oxygen atoms in total. The van der Waals surface area contributed by atoms with E-state index in [2.05, 4.69) is 22.2 Å². The van der Waals surface area contributed by atoms with E-state index in [4.69, 9.17) is 11.6 Å². The maximum absolute atomic E-state index is 5.98. The van der Waals surface area contributed by atoms with Gasteiger partial charge in [-0.1, -0.05) is 29.4 Å². The molecule has 102 valence electrons. The summed E-state index contributed by atoms with van der Waals surface area (Å²) < 4.78 is 1.18. The van der Waals surface area contributed by atoms with Crippen molar-refractivity contribution in [2.24, 2.45) is 0 Å². The molecular formula is C14H18ClN3S. The highest BCUT2D eigenvalue weighted by Crippen LogP contribution is 2.28. The van der Waals surface area contributed by atoms with Crippen LogP contribution in [0.2, 0.25) is 5.02 Å². The average Bonchev–Trinajstić information content (AvgIpc) is 2.79. The molecule has 1 aromatic heterocycles. The Kier molecular flexibility index (Phi) is 3.91. The molecule has 1 saturated heterocycles. The van der Waals surface area contributed by atoms with Crippen LogP contribution in [0.25, 0.3) is 10.2 Å². The molecule has 19 heavy (non-hydrogen) atoms. The summed E-state index contributed by atoms with van der Waals surface area (Å²) in [4.78, 5) is 7.03. The number of hydrogen-bond donors (Lipinski definition) is 1. The Morgan fingerprint density at radius 1 is 1.47 bits per heavy atom. The van der Waals surface area contributed by atoms with Crippen LogP contribution in [-0.2, 0) is 0 Å². The lowest BCUT2D eigenvalue weighted by atomic mass is 10.0. The Morgan fingerprint density at radius 2 is 2.37 bits per heavy atom. The van der Waals surface area contributed by atoms with Crippen LogP contribution in [0.4, 0.5) is 5.13 Å². The zero-order chi connectivity index (χ0) is 13.2. The smallest absolute Gasteiger partial charge is 0.183 e. The maximum atomic E-state index is 5.98. The van der Waals surface area contributed by atoms with Crippen LogP contribution in [0, 0.1) is 0 Å². The van der Waals surface area contributed by atoms with E-state index in [-0.39, 0.29) is 0 Å². The van der Waals surface area contributed by atoms with Crippen molar-refractivity contribution in [2.75, 3.05) is 25.5 Å². The van der Waals surface area contributed by atoms with E-state index in [0.717, 1.165) is 22.2 Å². The van der Waals surface area contributed by atoms with Crippen LogP contribution in [-0.4, -0.2) is 36.1 Å². The Morgan fingerprint density at radius 3 is 3.21 bits per heavy atom. The van der Waals surface area contributed by atoms with Crippen LogP contribution >= 0.6 is 22.9 Å². The maximum Gasteiger partial charge on any atom is 0.183 e. The number of piperidine rings is 1. The van der Waals surface area contributed by atoms with Gasteiger partial charge in [-0.25, -0.2) is 4.98 Å². The van der Waals surface area contributed by atoms with Crippen molar-refractivity contribution in [1.82, 2.24) is 9.88 Å². The molecule has 0 radical (unpaired) electrons. The van der Waals surface area contributed by atoms with Crippen molar-refractivity contribution in [1.29, 1.82) is 0 Å². The number of aromatic nitrogens is 1. The number of likely N-dealkylation sites (N-methyl/N-ethyl adjacent to an activating group) is 1. The minimum Gasteiger partial charge on any atom is -0.360 e. The summed E-state index contributed by atoms with van der Waals surface area (Å²) in [7, 11) is 2.21. The molecule has 0 bridgehead atoms. The molecule has 1 atom stereocenters. The molecule has 0 aliphatic carbocycles. The van der Waals surface area contributed by atoms with Gasteiger partial charge in [0.15, 0.2) is 5.13 Å². The van der Waals surface area contributed by atoms with Gasteiger partial charge in [0.2, 0.25) is 0 Å². The van der Waals surface area contributed by atoms with E-state index in [1.165, 1.54) is 30.5 Å². The Hall–Kier alpha value is -0.840. The lowest BCUT2D eigenvalue weighted by Crippen LogP contribution is -2.40. The first-order valence-electron chi connectivity index (χ1n) is 6.72. The van der Waals surface area contributed by atoms with Crippen molar-refractivity contribution >= 4 is 38.3 Å². The summed E-state index contributed by atoms with van der Waals surface area (Å²) in [6.07, 6.45) is 3.94. The van der Waals surface area contributed by atoms with E-state index < -0.39 is 0 Å². The van der Waals surface area contributed by atoms with Gasteiger partial charge in [-0.2, -0.15) is 0 Å². The minimum absolute atomic E-state index is 0.629. The van der Waals surface area contributed by atoms with Gasteiger partial charge in [-0.3, -0.25) is 0 Å². The first-order chi connectivity index (χ1) is 9.22. The SMILES string of the molecule is CN1CCCCC1CNc1nc2cc(Cl)ccc2s1. The van der Waals surface area contributed by atoms with Crippen molar-refractivity contribution < 1.29 is 0 Å². The molecule has 1 unspecified atom stereocenters. The fourth-order valence-corrected chi connectivity index (χ4v) is 3.60. The molecule has 1 aromatic carbocycles. The van der Waals surface area contributed by atoms with Crippen molar-refractivity contribution in [2.45, 2.75) is 25.3 Å². The number of likely N-dealkylation sites (tertiary alicyclic amines) is 1. The number of nitrogens with one attached hydrogen (secondary N) is 1. The van der Waals surface area contributed by atoms with Gasteiger partial charge >= 0.3 is 0 Å². The van der Waals surface area contributed by atoms with Crippen molar-refractivity contribution in [3.8, 4) is 0 Å². The Balaban J connectivity index is 1.68. The van der Waals surface area contributed by atoms with Gasteiger partial charge in [0.05, 0.1) is 10.2 Å². The molecule has 1 aliphatic heterocycles. The first kappa shape index (κ1) is 13.2. The van der Waals surface area contributed by atoms with Crippen LogP contribution in [0.15, 0.2) is 18.2 Å². The number of fused-ring (bicyclic) bond motifs is 1. The summed E-state index contributed by atoms with van der Waals surface area (Å²) in [5, 5.41) is 5.22. The van der Waals surface area contributed by atoms with Crippen LogP contribution in [0.3, 0.4) is 0 Å². The predicted octanol–water partition coefficient (Wildman–Crippen LogP) is 3.85. The predicted molar refractivity (Wildman–Crippen MR) is 83.4 cm³/mol. The third-order valence-electron chi connectivity index (χ3n) is 3.76. The monoisotopic (exact) mass is 295 g/mol. The fourth-order valence-electron chi connectivity index (χ4n) is 2.58. The molecule has 2 aromatic rings. The first-order valence-corrected chi connectivity index (χ1v) is 7.92. The molecule has 1 aliphatic rings. The number of halogens is 1. The van der Waals surface area contributed by atoms with Crippen molar-refractivity contribution in [3.05, 3.63) is 23.2 Å². The highest BCUT2D eigenvalue weighted by Gasteiger charge is 2.18. The Labute approximate surface area is 122 Å². The van der Waals surface area contributed by atoms with Gasteiger partial charge in [0.1, 0.15) is 0 Å². The molecule has 2 heterocycles. The topological polar surface area (TPSA) is 28.2 Å². The number of nitrogens with zero attached hydrogens (tertiary/aromatic N) is 2. The third kappa shape index (κ3) is 3.02. The van der Waals surface area contributed by atoms with Crippen LogP contribution in [0.1, 0.15) is 19.3 Å². The van der Waals surface area contributed by atoms with Gasteiger partial charge < -0.3 is 10.2 Å². The average molecular weight is 296 g/mol. The minimum atomic E-state index is 0.629. The molecule has 0 saturated carbocycles. The zero-order valence-electron chi connectivity index (χ0n) is 11.0. The lowest BCUT2D eigenvalue weighted by molar-refractivity contribution is 0.194. The number of rotatable bonds is 3. The molecule has 1 fully saturated rings. The zero-order valence-corrected chi connectivity index (χ0v) is 12.6. The van der Waals surface area contributed by atoms with Crippen molar-refractivity contribution in [3.63, 3.8) is 0 Å². The van der Waals surface area contributed by atoms with Gasteiger partial charge in [-0.15, -0.1) is 0 Å². The van der Waals surface area contributed by atoms with E-state index in [1.54, 1.807) is 11.3 Å². The van der Waals surface area contributed by atoms with E-state index >= 15 is 0 Å². The summed E-state index contributed by atoms with van der Waals surface area (Å²) in [5.74, 6) is 0. The second-order valence-electron chi connectivity index (χ2n) is 5.14. The molecular weight excluding hydrogens is 278 g/mol. The van der Waals surface area contributed by atoms with Gasteiger partial charge in [0, 0.05) is 17.6 Å². The second kappa shape index (κ2) is 5.65. The quantitative estimate of drug-likeness (QED) is 0.932. The van der Waals surface area contributed by atoms with E-state index in [9.17, 15) is 0 Å². The second-order valence-corrected chi connectivity index (χ2v) is 6.61. The number of hydrogen-bond acceptors (Lipinski definition) is 4. The number of thiazole rings is 1. The standard InChI is InChI=1S/C14H18ClN3S/c1-18-7-3-2-4-11(18)9-16-14-17-12-8-10(15)5-6-13(12)19-14/h5-6,8,11H,2-4,7,9H2,1H3,(H,16,17). The number of anilines is 1. The van der Waals surface area contributed by atoms with Gasteiger partial charge in [0.25, 0.3) is 0 Å². The van der Waals surface area contributed by atoms with Crippen LogP contribution in [0.5, 0.6) is 0 Å². The summed E-state index contributed by atoms with van der Waals surface area (Å²) in [5.41, 5.74) is 0.983. The van der Waals surface area contributed by atoms with E-state index in [1.807, 2.05) is 18.2 Å². The van der Waals surface area contributed by atoms with Gasteiger partial charge in [-0.05, 0) is 44.6 Å². The fraction of sp³-hybridized carbons (Fsp3) is 0.500. The van der Waals surface area contributed by atoms with Crippen LogP contribution < -0.4 is 5.32 Å². The molecule has 1 N–H and O–H groups in total.